The fourth-order valence-corrected chi connectivity index (χ4v) is 3.33. The van der Waals surface area contributed by atoms with Crippen LogP contribution in [0.25, 0.3) is 0 Å². The van der Waals surface area contributed by atoms with Gasteiger partial charge in [0.25, 0.3) is 10.1 Å². The van der Waals surface area contributed by atoms with Gasteiger partial charge in [0.1, 0.15) is 5.75 Å². The lowest BCUT2D eigenvalue weighted by molar-refractivity contribution is 0.185. The van der Waals surface area contributed by atoms with E-state index in [9.17, 15) is 8.42 Å². The topological polar surface area (TPSA) is 52.6 Å². The van der Waals surface area contributed by atoms with Gasteiger partial charge in [-0.2, -0.15) is 8.42 Å². The zero-order chi connectivity index (χ0) is 16.9. The molecular weight excluding hydrogens is 312 g/mol. The van der Waals surface area contributed by atoms with Gasteiger partial charge in [-0.1, -0.05) is 44.2 Å². The second kappa shape index (κ2) is 7.15. The first kappa shape index (κ1) is 17.5. The Hall–Kier alpha value is -1.85. The van der Waals surface area contributed by atoms with Crippen molar-refractivity contribution in [3.63, 3.8) is 0 Å². The molecule has 0 spiro atoms. The molecule has 0 aliphatic rings. The van der Waals surface area contributed by atoms with Gasteiger partial charge in [-0.25, -0.2) is 0 Å². The summed E-state index contributed by atoms with van der Waals surface area (Å²) in [7, 11) is -2.23. The molecule has 4 nitrogen and oxygen atoms in total. The molecule has 0 atom stereocenters. The molecule has 0 radical (unpaired) electrons. The molecule has 5 heteroatoms. The Balaban J connectivity index is 2.02. The summed E-state index contributed by atoms with van der Waals surface area (Å²) in [5.74, 6) is 0.605. The van der Waals surface area contributed by atoms with Crippen molar-refractivity contribution in [2.45, 2.75) is 25.2 Å². The molecule has 0 aliphatic carbocycles. The van der Waals surface area contributed by atoms with E-state index >= 15 is 0 Å². The zero-order valence-electron chi connectivity index (χ0n) is 13.7. The molecule has 2 rings (SSSR count). The highest BCUT2D eigenvalue weighted by Crippen LogP contribution is 2.25. The van der Waals surface area contributed by atoms with Crippen LogP contribution in [0.3, 0.4) is 0 Å². The number of hydrogen-bond acceptors (Lipinski definition) is 4. The van der Waals surface area contributed by atoms with Crippen LogP contribution in [0.5, 0.6) is 5.75 Å². The monoisotopic (exact) mass is 334 g/mol. The van der Waals surface area contributed by atoms with Crippen molar-refractivity contribution in [1.29, 1.82) is 0 Å². The summed E-state index contributed by atoms with van der Waals surface area (Å²) in [6, 6.07) is 16.1. The summed E-state index contributed by atoms with van der Waals surface area (Å²) in [4.78, 5) is 0.133. The minimum Gasteiger partial charge on any atom is -0.497 e. The van der Waals surface area contributed by atoms with Crippen molar-refractivity contribution in [1.82, 2.24) is 0 Å². The van der Waals surface area contributed by atoms with Gasteiger partial charge in [-0.15, -0.1) is 0 Å². The van der Waals surface area contributed by atoms with Crippen LogP contribution in [0, 0.1) is 5.41 Å². The summed E-state index contributed by atoms with van der Waals surface area (Å²) in [6.07, 6.45) is 0.742. The highest BCUT2D eigenvalue weighted by atomic mass is 32.2. The van der Waals surface area contributed by atoms with Gasteiger partial charge in [0, 0.05) is 0 Å². The van der Waals surface area contributed by atoms with E-state index in [-0.39, 0.29) is 16.9 Å². The van der Waals surface area contributed by atoms with Crippen LogP contribution < -0.4 is 4.74 Å². The molecule has 0 aliphatic heterocycles. The number of rotatable bonds is 7. The molecule has 0 N–H and O–H groups in total. The Labute approximate surface area is 138 Å². The molecule has 0 aromatic heterocycles. The predicted molar refractivity (Wildman–Crippen MR) is 90.1 cm³/mol. The smallest absolute Gasteiger partial charge is 0.296 e. The number of methoxy groups -OCH3 is 1. The number of ether oxygens (including phenoxy) is 1. The maximum absolute atomic E-state index is 12.3. The maximum atomic E-state index is 12.3. The minimum atomic E-state index is -3.77. The van der Waals surface area contributed by atoms with Gasteiger partial charge in [0.15, 0.2) is 0 Å². The molecule has 2 aromatic carbocycles. The van der Waals surface area contributed by atoms with Crippen molar-refractivity contribution < 1.29 is 17.3 Å². The Morgan fingerprint density at radius 3 is 2.13 bits per heavy atom. The highest BCUT2D eigenvalue weighted by molar-refractivity contribution is 7.86. The van der Waals surface area contributed by atoms with Gasteiger partial charge < -0.3 is 4.74 Å². The summed E-state index contributed by atoms with van der Waals surface area (Å²) in [6.45, 7) is 4.10. The van der Waals surface area contributed by atoms with E-state index < -0.39 is 10.1 Å². The molecule has 2 aromatic rings. The van der Waals surface area contributed by atoms with E-state index in [0.717, 1.165) is 12.0 Å². The lowest BCUT2D eigenvalue weighted by atomic mass is 9.87. The van der Waals surface area contributed by atoms with Gasteiger partial charge in [0.05, 0.1) is 18.6 Å². The van der Waals surface area contributed by atoms with Crippen LogP contribution >= 0.6 is 0 Å². The third kappa shape index (κ3) is 5.08. The first-order chi connectivity index (χ1) is 10.8. The molecule has 124 valence electrons. The molecular formula is C18H22O4S. The van der Waals surface area contributed by atoms with Crippen molar-refractivity contribution in [3.05, 3.63) is 60.2 Å². The van der Waals surface area contributed by atoms with Crippen LogP contribution in [-0.2, 0) is 20.7 Å². The summed E-state index contributed by atoms with van der Waals surface area (Å²) >= 11 is 0. The van der Waals surface area contributed by atoms with Crippen LogP contribution in [0.2, 0.25) is 0 Å². The third-order valence-corrected chi connectivity index (χ3v) is 4.76. The Morgan fingerprint density at radius 2 is 1.57 bits per heavy atom. The lowest BCUT2D eigenvalue weighted by Gasteiger charge is -2.24. The fourth-order valence-electron chi connectivity index (χ4n) is 2.25. The normalized spacial score (nSPS) is 12.1. The van der Waals surface area contributed by atoms with Gasteiger partial charge in [0.2, 0.25) is 0 Å². The largest absolute Gasteiger partial charge is 0.497 e. The number of benzene rings is 2. The van der Waals surface area contributed by atoms with E-state index in [4.69, 9.17) is 8.92 Å². The van der Waals surface area contributed by atoms with Crippen LogP contribution in [0.4, 0.5) is 0 Å². The molecule has 23 heavy (non-hydrogen) atoms. The highest BCUT2D eigenvalue weighted by Gasteiger charge is 2.24. The fraction of sp³-hybridized carbons (Fsp3) is 0.333. The molecule has 0 unspecified atom stereocenters. The van der Waals surface area contributed by atoms with Gasteiger partial charge in [-0.3, -0.25) is 4.18 Å². The van der Waals surface area contributed by atoms with E-state index in [0.29, 0.717) is 5.75 Å². The predicted octanol–water partition coefficient (Wildman–Crippen LogP) is 3.67. The molecule has 0 fully saturated rings. The molecule has 0 heterocycles. The van der Waals surface area contributed by atoms with Crippen LogP contribution in [-0.4, -0.2) is 22.1 Å². The van der Waals surface area contributed by atoms with Crippen molar-refractivity contribution in [3.8, 4) is 5.75 Å². The van der Waals surface area contributed by atoms with Gasteiger partial charge >= 0.3 is 0 Å². The summed E-state index contributed by atoms with van der Waals surface area (Å²) in [5, 5.41) is 0. The standard InChI is InChI=1S/C18H22O4S/c1-18(2,13-15-7-5-4-6-8-15)14-22-23(19,20)17-11-9-16(21-3)10-12-17/h4-12H,13-14H2,1-3H3. The molecule has 0 amide bonds. The summed E-state index contributed by atoms with van der Waals surface area (Å²) < 4.78 is 34.8. The molecule has 0 saturated carbocycles. The average molecular weight is 334 g/mol. The zero-order valence-corrected chi connectivity index (χ0v) is 14.5. The van der Waals surface area contributed by atoms with Crippen LogP contribution in [0.1, 0.15) is 19.4 Å². The summed E-state index contributed by atoms with van der Waals surface area (Å²) in [5.41, 5.74) is 0.865. The van der Waals surface area contributed by atoms with E-state index in [1.54, 1.807) is 12.1 Å². The quantitative estimate of drug-likeness (QED) is 0.725. The number of hydrogen-bond donors (Lipinski definition) is 0. The molecule has 0 saturated heterocycles. The van der Waals surface area contributed by atoms with Gasteiger partial charge in [-0.05, 0) is 41.7 Å². The first-order valence-corrected chi connectivity index (χ1v) is 8.81. The maximum Gasteiger partial charge on any atom is 0.296 e. The lowest BCUT2D eigenvalue weighted by Crippen LogP contribution is -2.24. The van der Waals surface area contributed by atoms with Crippen molar-refractivity contribution in [2.24, 2.45) is 5.41 Å². The Bertz CT molecular complexity index is 719. The van der Waals surface area contributed by atoms with E-state index in [1.165, 1.54) is 19.2 Å². The van der Waals surface area contributed by atoms with E-state index in [2.05, 4.69) is 0 Å². The average Bonchev–Trinajstić information content (AvgIpc) is 2.54. The minimum absolute atomic E-state index is 0.121. The van der Waals surface area contributed by atoms with Crippen LogP contribution in [0.15, 0.2) is 59.5 Å². The van der Waals surface area contributed by atoms with E-state index in [1.807, 2.05) is 44.2 Å². The Kier molecular flexibility index (Phi) is 5.44. The SMILES string of the molecule is COc1ccc(S(=O)(=O)OCC(C)(C)Cc2ccccc2)cc1. The third-order valence-electron chi connectivity index (χ3n) is 3.48. The van der Waals surface area contributed by atoms with Crippen molar-refractivity contribution >= 4 is 10.1 Å². The second-order valence-corrected chi connectivity index (χ2v) is 7.83. The van der Waals surface area contributed by atoms with Crippen molar-refractivity contribution in [2.75, 3.05) is 13.7 Å². The molecule has 0 bridgehead atoms. The Morgan fingerprint density at radius 1 is 0.957 bits per heavy atom. The first-order valence-electron chi connectivity index (χ1n) is 7.40. The second-order valence-electron chi connectivity index (χ2n) is 6.22.